The van der Waals surface area contributed by atoms with Gasteiger partial charge < -0.3 is 0 Å². The van der Waals surface area contributed by atoms with Gasteiger partial charge in [-0.15, -0.1) is 0 Å². The van der Waals surface area contributed by atoms with Gasteiger partial charge in [-0.25, -0.2) is 13.2 Å². The van der Waals surface area contributed by atoms with Crippen molar-refractivity contribution in [3.8, 4) is 0 Å². The Morgan fingerprint density at radius 3 is 2.40 bits per heavy atom. The summed E-state index contributed by atoms with van der Waals surface area (Å²) in [4.78, 5) is 0. The van der Waals surface area contributed by atoms with E-state index in [1.807, 2.05) is 0 Å². The van der Waals surface area contributed by atoms with Crippen LogP contribution in [0.1, 0.15) is 17.2 Å². The zero-order valence-corrected chi connectivity index (χ0v) is 11.9. The van der Waals surface area contributed by atoms with E-state index in [2.05, 4.69) is 21.4 Å². The zero-order valence-electron chi connectivity index (χ0n) is 10.3. The molecule has 0 radical (unpaired) electrons. The van der Waals surface area contributed by atoms with E-state index in [9.17, 15) is 13.2 Å². The molecule has 0 fully saturated rings. The molecule has 0 saturated heterocycles. The maximum absolute atomic E-state index is 14.0. The van der Waals surface area contributed by atoms with E-state index >= 15 is 0 Å². The average molecular weight is 345 g/mol. The predicted octanol–water partition coefficient (Wildman–Crippen LogP) is 3.61. The fraction of sp³-hybridized carbons (Fsp3) is 0.143. The molecule has 2 rings (SSSR count). The van der Waals surface area contributed by atoms with Gasteiger partial charge in [-0.2, -0.15) is 0 Å². The van der Waals surface area contributed by atoms with Crippen LogP contribution in [0.3, 0.4) is 0 Å². The molecule has 20 heavy (non-hydrogen) atoms. The van der Waals surface area contributed by atoms with Gasteiger partial charge in [0.15, 0.2) is 0 Å². The third kappa shape index (κ3) is 3.03. The minimum atomic E-state index is -0.871. The first-order chi connectivity index (χ1) is 9.54. The highest BCUT2D eigenvalue weighted by atomic mass is 79.9. The van der Waals surface area contributed by atoms with Crippen LogP contribution in [0, 0.1) is 17.5 Å². The molecular weight excluding hydrogens is 333 g/mol. The quantitative estimate of drug-likeness (QED) is 0.505. The SMILES string of the molecule is NNC(Cc1ccccc1F)c1c(F)ccc(Br)c1F. The van der Waals surface area contributed by atoms with E-state index in [4.69, 9.17) is 5.84 Å². The average Bonchev–Trinajstić information content (AvgIpc) is 2.44. The normalized spacial score (nSPS) is 12.4. The predicted molar refractivity (Wildman–Crippen MR) is 74.2 cm³/mol. The number of hydrogen-bond donors (Lipinski definition) is 2. The first kappa shape index (κ1) is 15.0. The molecule has 0 aromatic heterocycles. The van der Waals surface area contributed by atoms with Crippen LogP contribution < -0.4 is 11.3 Å². The molecule has 0 aliphatic carbocycles. The Morgan fingerprint density at radius 2 is 1.75 bits per heavy atom. The molecule has 2 aromatic carbocycles. The lowest BCUT2D eigenvalue weighted by Crippen LogP contribution is -2.31. The first-order valence-corrected chi connectivity index (χ1v) is 6.66. The molecule has 0 bridgehead atoms. The Balaban J connectivity index is 2.39. The van der Waals surface area contributed by atoms with E-state index in [0.29, 0.717) is 5.56 Å². The third-order valence-corrected chi connectivity index (χ3v) is 3.62. The summed E-state index contributed by atoms with van der Waals surface area (Å²) in [7, 11) is 0. The molecule has 6 heteroatoms. The van der Waals surface area contributed by atoms with Gasteiger partial charge in [0.2, 0.25) is 0 Å². The van der Waals surface area contributed by atoms with Crippen LogP contribution in [0.15, 0.2) is 40.9 Å². The molecular formula is C14H12BrF3N2. The van der Waals surface area contributed by atoms with Gasteiger partial charge in [0, 0.05) is 5.56 Å². The van der Waals surface area contributed by atoms with E-state index in [-0.39, 0.29) is 16.5 Å². The van der Waals surface area contributed by atoms with Crippen LogP contribution in [0.25, 0.3) is 0 Å². The zero-order chi connectivity index (χ0) is 14.7. The van der Waals surface area contributed by atoms with Gasteiger partial charge >= 0.3 is 0 Å². The van der Waals surface area contributed by atoms with E-state index in [0.717, 1.165) is 6.07 Å². The summed E-state index contributed by atoms with van der Waals surface area (Å²) in [6.45, 7) is 0. The van der Waals surface area contributed by atoms with E-state index in [1.54, 1.807) is 18.2 Å². The van der Waals surface area contributed by atoms with Gasteiger partial charge in [0.1, 0.15) is 17.5 Å². The van der Waals surface area contributed by atoms with E-state index < -0.39 is 23.5 Å². The van der Waals surface area contributed by atoms with Crippen LogP contribution in [-0.2, 0) is 6.42 Å². The highest BCUT2D eigenvalue weighted by Gasteiger charge is 2.22. The molecule has 0 spiro atoms. The number of nitrogens with one attached hydrogen (secondary N) is 1. The van der Waals surface area contributed by atoms with Gasteiger partial charge in [-0.1, -0.05) is 18.2 Å². The number of nitrogens with two attached hydrogens (primary N) is 1. The summed E-state index contributed by atoms with van der Waals surface area (Å²) in [6.07, 6.45) is 0.0352. The maximum atomic E-state index is 14.0. The summed E-state index contributed by atoms with van der Waals surface area (Å²) in [6, 6.07) is 7.57. The number of rotatable bonds is 4. The lowest BCUT2D eigenvalue weighted by Gasteiger charge is -2.18. The van der Waals surface area contributed by atoms with Gasteiger partial charge in [-0.05, 0) is 46.1 Å². The second kappa shape index (κ2) is 6.39. The van der Waals surface area contributed by atoms with Crippen molar-refractivity contribution in [2.75, 3.05) is 0 Å². The summed E-state index contributed by atoms with van der Waals surface area (Å²) < 4.78 is 41.6. The van der Waals surface area contributed by atoms with Crippen molar-refractivity contribution >= 4 is 15.9 Å². The van der Waals surface area contributed by atoms with Gasteiger partial charge in [-0.3, -0.25) is 11.3 Å². The second-order valence-electron chi connectivity index (χ2n) is 4.27. The number of hydrogen-bond acceptors (Lipinski definition) is 2. The first-order valence-electron chi connectivity index (χ1n) is 5.87. The highest BCUT2D eigenvalue weighted by molar-refractivity contribution is 9.10. The Morgan fingerprint density at radius 1 is 1.05 bits per heavy atom. The standard InChI is InChI=1S/C14H12BrF3N2/c15-9-5-6-11(17)13(14(9)18)12(20-19)7-8-3-1-2-4-10(8)16/h1-6,12,20H,7,19H2. The minimum Gasteiger partial charge on any atom is -0.271 e. The van der Waals surface area contributed by atoms with Crippen molar-refractivity contribution in [3.05, 3.63) is 69.4 Å². The molecule has 1 atom stereocenters. The maximum Gasteiger partial charge on any atom is 0.145 e. The molecule has 3 N–H and O–H groups in total. The molecule has 1 unspecified atom stereocenters. The van der Waals surface area contributed by atoms with Crippen molar-refractivity contribution in [1.82, 2.24) is 5.43 Å². The Kier molecular flexibility index (Phi) is 4.80. The van der Waals surface area contributed by atoms with Crippen molar-refractivity contribution in [2.24, 2.45) is 5.84 Å². The Hall–Kier alpha value is -1.37. The van der Waals surface area contributed by atoms with Crippen molar-refractivity contribution < 1.29 is 13.2 Å². The van der Waals surface area contributed by atoms with Crippen LogP contribution in [0.4, 0.5) is 13.2 Å². The largest absolute Gasteiger partial charge is 0.271 e. The topological polar surface area (TPSA) is 38.0 Å². The molecule has 2 aromatic rings. The molecule has 106 valence electrons. The number of hydrazine groups is 1. The van der Waals surface area contributed by atoms with E-state index in [1.165, 1.54) is 12.1 Å². The number of halogens is 4. The molecule has 0 aliphatic heterocycles. The molecule has 0 saturated carbocycles. The number of benzene rings is 2. The van der Waals surface area contributed by atoms with Crippen LogP contribution >= 0.6 is 15.9 Å². The monoisotopic (exact) mass is 344 g/mol. The molecule has 0 heterocycles. The summed E-state index contributed by atoms with van der Waals surface area (Å²) in [5.74, 6) is 3.45. The van der Waals surface area contributed by atoms with Gasteiger partial charge in [0.05, 0.1) is 10.5 Å². The fourth-order valence-corrected chi connectivity index (χ4v) is 2.34. The highest BCUT2D eigenvalue weighted by Crippen LogP contribution is 2.28. The smallest absolute Gasteiger partial charge is 0.145 e. The van der Waals surface area contributed by atoms with Gasteiger partial charge in [0.25, 0.3) is 0 Å². The third-order valence-electron chi connectivity index (χ3n) is 3.01. The van der Waals surface area contributed by atoms with Crippen LogP contribution in [0.2, 0.25) is 0 Å². The molecule has 2 nitrogen and oxygen atoms in total. The second-order valence-corrected chi connectivity index (χ2v) is 5.13. The fourth-order valence-electron chi connectivity index (χ4n) is 1.99. The van der Waals surface area contributed by atoms with Crippen LogP contribution in [-0.4, -0.2) is 0 Å². The molecule has 0 aliphatic rings. The Labute approximate surface area is 122 Å². The lowest BCUT2D eigenvalue weighted by molar-refractivity contribution is 0.464. The minimum absolute atomic E-state index is 0.0352. The summed E-state index contributed by atoms with van der Waals surface area (Å²) in [5, 5.41) is 0. The van der Waals surface area contributed by atoms with Crippen molar-refractivity contribution in [2.45, 2.75) is 12.5 Å². The lowest BCUT2D eigenvalue weighted by atomic mass is 9.98. The van der Waals surface area contributed by atoms with Crippen molar-refractivity contribution in [3.63, 3.8) is 0 Å². The van der Waals surface area contributed by atoms with Crippen LogP contribution in [0.5, 0.6) is 0 Å². The van der Waals surface area contributed by atoms with Crippen molar-refractivity contribution in [1.29, 1.82) is 0 Å². The molecule has 0 amide bonds. The Bertz CT molecular complexity index is 619. The summed E-state index contributed by atoms with van der Waals surface area (Å²) >= 11 is 2.99. The summed E-state index contributed by atoms with van der Waals surface area (Å²) in [5.41, 5.74) is 2.45.